The number of nitrogens with one attached hydrogen (secondary N) is 2. The highest BCUT2D eigenvalue weighted by Crippen LogP contribution is 2.05. The van der Waals surface area contributed by atoms with Gasteiger partial charge in [-0.2, -0.15) is 5.10 Å². The Hall–Kier alpha value is -1.78. The number of allylic oxidation sites excluding steroid dienone is 1. The van der Waals surface area contributed by atoms with E-state index in [4.69, 9.17) is 5.73 Å². The summed E-state index contributed by atoms with van der Waals surface area (Å²) in [6.45, 7) is 4.18. The van der Waals surface area contributed by atoms with Gasteiger partial charge in [0.2, 0.25) is 5.91 Å². The second-order valence-corrected chi connectivity index (χ2v) is 3.29. The van der Waals surface area contributed by atoms with Crippen LogP contribution < -0.4 is 11.1 Å². The molecular weight excluding hydrogens is 192 g/mol. The van der Waals surface area contributed by atoms with Gasteiger partial charge in [0.15, 0.2) is 0 Å². The molecule has 1 heterocycles. The van der Waals surface area contributed by atoms with Gasteiger partial charge in [-0.3, -0.25) is 9.89 Å². The number of amides is 1. The number of nitrogens with zero attached hydrogens (tertiary/aromatic N) is 1. The lowest BCUT2D eigenvalue weighted by Gasteiger charge is -2.03. The van der Waals surface area contributed by atoms with Crippen LogP contribution in [-0.4, -0.2) is 16.1 Å². The lowest BCUT2D eigenvalue weighted by atomic mass is 10.2. The van der Waals surface area contributed by atoms with E-state index in [0.717, 1.165) is 17.6 Å². The van der Waals surface area contributed by atoms with Gasteiger partial charge in [-0.1, -0.05) is 13.0 Å². The number of hydrogen-bond donors (Lipinski definition) is 3. The Morgan fingerprint density at radius 2 is 2.47 bits per heavy atom. The first-order chi connectivity index (χ1) is 7.15. The Bertz CT molecular complexity index is 367. The molecule has 0 fully saturated rings. The summed E-state index contributed by atoms with van der Waals surface area (Å²) in [6.07, 6.45) is 4.34. The number of H-pyrrole nitrogens is 1. The molecule has 15 heavy (non-hydrogen) atoms. The summed E-state index contributed by atoms with van der Waals surface area (Å²) in [5, 5.41) is 9.14. The molecule has 0 bridgehead atoms. The molecule has 0 aliphatic carbocycles. The molecule has 0 aliphatic heterocycles. The van der Waals surface area contributed by atoms with Gasteiger partial charge in [0.1, 0.15) is 5.82 Å². The van der Waals surface area contributed by atoms with E-state index in [1.165, 1.54) is 0 Å². The van der Waals surface area contributed by atoms with Gasteiger partial charge in [0.05, 0.1) is 6.20 Å². The van der Waals surface area contributed by atoms with Gasteiger partial charge in [-0.25, -0.2) is 0 Å². The van der Waals surface area contributed by atoms with Crippen molar-refractivity contribution >= 4 is 11.7 Å². The Morgan fingerprint density at radius 1 is 1.73 bits per heavy atom. The quantitative estimate of drug-likeness (QED) is 0.644. The second-order valence-electron chi connectivity index (χ2n) is 3.29. The molecule has 0 spiro atoms. The summed E-state index contributed by atoms with van der Waals surface area (Å²) in [5.74, 6) is 0.421. The van der Waals surface area contributed by atoms with Crippen molar-refractivity contribution in [1.82, 2.24) is 15.5 Å². The largest absolute Gasteiger partial charge is 0.384 e. The summed E-state index contributed by atoms with van der Waals surface area (Å²) >= 11 is 0. The third-order valence-electron chi connectivity index (χ3n) is 2.06. The predicted octanol–water partition coefficient (Wildman–Crippen LogP) is 0.964. The van der Waals surface area contributed by atoms with Crippen LogP contribution in [0.25, 0.3) is 0 Å². The van der Waals surface area contributed by atoms with Crippen LogP contribution in [0.4, 0.5) is 5.82 Å². The van der Waals surface area contributed by atoms with Crippen molar-refractivity contribution in [2.75, 3.05) is 5.73 Å². The summed E-state index contributed by atoms with van der Waals surface area (Å²) < 4.78 is 0. The van der Waals surface area contributed by atoms with Crippen LogP contribution in [0.15, 0.2) is 17.8 Å². The van der Waals surface area contributed by atoms with E-state index in [-0.39, 0.29) is 5.91 Å². The van der Waals surface area contributed by atoms with Crippen molar-refractivity contribution < 1.29 is 4.79 Å². The number of carbonyl (C=O) groups is 1. The number of anilines is 1. The summed E-state index contributed by atoms with van der Waals surface area (Å²) in [5.41, 5.74) is 7.10. The van der Waals surface area contributed by atoms with Gasteiger partial charge >= 0.3 is 0 Å². The van der Waals surface area contributed by atoms with Crippen LogP contribution in [0.2, 0.25) is 0 Å². The fraction of sp³-hybridized carbons (Fsp3) is 0.400. The Balaban J connectivity index is 2.48. The molecule has 0 atom stereocenters. The van der Waals surface area contributed by atoms with E-state index in [2.05, 4.69) is 15.5 Å². The zero-order chi connectivity index (χ0) is 11.3. The molecule has 4 N–H and O–H groups in total. The first-order valence-electron chi connectivity index (χ1n) is 4.87. The molecule has 1 amide bonds. The van der Waals surface area contributed by atoms with Crippen molar-refractivity contribution in [3.63, 3.8) is 0 Å². The van der Waals surface area contributed by atoms with E-state index in [1.807, 2.05) is 13.0 Å². The highest BCUT2D eigenvalue weighted by molar-refractivity contribution is 5.92. The van der Waals surface area contributed by atoms with Gasteiger partial charge in [0, 0.05) is 17.7 Å². The van der Waals surface area contributed by atoms with Crippen LogP contribution in [-0.2, 0) is 11.3 Å². The monoisotopic (exact) mass is 208 g/mol. The minimum atomic E-state index is -0.0718. The minimum absolute atomic E-state index is 0.0718. The number of nitrogen functional groups attached to an aromatic ring is 1. The minimum Gasteiger partial charge on any atom is -0.384 e. The zero-order valence-corrected chi connectivity index (χ0v) is 9.00. The maximum Gasteiger partial charge on any atom is 0.246 e. The average Bonchev–Trinajstić information content (AvgIpc) is 2.61. The molecule has 82 valence electrons. The van der Waals surface area contributed by atoms with E-state index in [9.17, 15) is 4.79 Å². The van der Waals surface area contributed by atoms with Crippen LogP contribution in [0.1, 0.15) is 25.8 Å². The van der Waals surface area contributed by atoms with Gasteiger partial charge < -0.3 is 11.1 Å². The number of aromatic amines is 1. The molecule has 1 rings (SSSR count). The number of rotatable bonds is 4. The van der Waals surface area contributed by atoms with E-state index >= 15 is 0 Å². The topological polar surface area (TPSA) is 83.8 Å². The first kappa shape index (κ1) is 11.3. The van der Waals surface area contributed by atoms with E-state index in [1.54, 1.807) is 13.1 Å². The standard InChI is InChI=1S/C10H16N4O/c1-3-4-7(2)10(15)12-5-8-6-13-14-9(8)11/h4,6H,3,5H2,1-2H3,(H,12,15)(H3,11,13,14). The molecule has 0 aromatic carbocycles. The summed E-state index contributed by atoms with van der Waals surface area (Å²) in [4.78, 5) is 11.5. The van der Waals surface area contributed by atoms with Crippen molar-refractivity contribution in [1.29, 1.82) is 0 Å². The third kappa shape index (κ3) is 3.12. The Labute approximate surface area is 88.7 Å². The molecule has 0 unspecified atom stereocenters. The number of nitrogens with two attached hydrogens (primary N) is 1. The Kier molecular flexibility index (Phi) is 3.91. The number of carbonyl (C=O) groups excluding carboxylic acids is 1. The van der Waals surface area contributed by atoms with E-state index in [0.29, 0.717) is 12.4 Å². The summed E-state index contributed by atoms with van der Waals surface area (Å²) in [6, 6.07) is 0. The van der Waals surface area contributed by atoms with Crippen LogP contribution in [0, 0.1) is 0 Å². The lowest BCUT2D eigenvalue weighted by Crippen LogP contribution is -2.23. The van der Waals surface area contributed by atoms with Crippen molar-refractivity contribution in [3.05, 3.63) is 23.4 Å². The summed E-state index contributed by atoms with van der Waals surface area (Å²) in [7, 11) is 0. The first-order valence-corrected chi connectivity index (χ1v) is 4.87. The fourth-order valence-corrected chi connectivity index (χ4v) is 1.18. The molecule has 5 nitrogen and oxygen atoms in total. The number of hydrogen-bond acceptors (Lipinski definition) is 3. The van der Waals surface area contributed by atoms with Crippen LogP contribution in [0.3, 0.4) is 0 Å². The lowest BCUT2D eigenvalue weighted by molar-refractivity contribution is -0.117. The van der Waals surface area contributed by atoms with Crippen molar-refractivity contribution in [3.8, 4) is 0 Å². The van der Waals surface area contributed by atoms with Crippen molar-refractivity contribution in [2.45, 2.75) is 26.8 Å². The normalized spacial score (nSPS) is 11.5. The zero-order valence-electron chi connectivity index (χ0n) is 9.00. The molecule has 0 radical (unpaired) electrons. The average molecular weight is 208 g/mol. The third-order valence-corrected chi connectivity index (χ3v) is 2.06. The van der Waals surface area contributed by atoms with Gasteiger partial charge in [-0.05, 0) is 13.3 Å². The molecule has 1 aromatic heterocycles. The molecule has 0 saturated carbocycles. The fourth-order valence-electron chi connectivity index (χ4n) is 1.18. The Morgan fingerprint density at radius 3 is 3.00 bits per heavy atom. The molecule has 0 aliphatic rings. The predicted molar refractivity (Wildman–Crippen MR) is 58.9 cm³/mol. The highest BCUT2D eigenvalue weighted by atomic mass is 16.1. The van der Waals surface area contributed by atoms with Crippen molar-refractivity contribution in [2.24, 2.45) is 0 Å². The highest BCUT2D eigenvalue weighted by Gasteiger charge is 2.05. The van der Waals surface area contributed by atoms with Crippen LogP contribution in [0.5, 0.6) is 0 Å². The van der Waals surface area contributed by atoms with Crippen LogP contribution >= 0.6 is 0 Å². The van der Waals surface area contributed by atoms with E-state index < -0.39 is 0 Å². The molecule has 1 aromatic rings. The molecule has 0 saturated heterocycles. The number of aromatic nitrogens is 2. The smallest absolute Gasteiger partial charge is 0.246 e. The maximum absolute atomic E-state index is 11.5. The molecule has 5 heteroatoms. The molecular formula is C10H16N4O. The maximum atomic E-state index is 11.5. The van der Waals surface area contributed by atoms with Gasteiger partial charge in [0.25, 0.3) is 0 Å². The SMILES string of the molecule is CCC=C(C)C(=O)NCc1cn[nH]c1N. The van der Waals surface area contributed by atoms with Gasteiger partial charge in [-0.15, -0.1) is 0 Å². The second kappa shape index (κ2) is 5.19.